The number of nitrogens with one attached hydrogen (secondary N) is 3. The van der Waals surface area contributed by atoms with E-state index in [9.17, 15) is 13.6 Å². The van der Waals surface area contributed by atoms with E-state index in [1.165, 1.54) is 13.1 Å². The largest absolute Gasteiger partial charge is 0.386 e. The van der Waals surface area contributed by atoms with Gasteiger partial charge in [0.1, 0.15) is 16.5 Å². The molecule has 0 radical (unpaired) electrons. The third-order valence-electron chi connectivity index (χ3n) is 4.66. The molecule has 2 amide bonds. The minimum absolute atomic E-state index is 0.00917. The second-order valence-electron chi connectivity index (χ2n) is 7.06. The number of nitrogens with zero attached hydrogens (tertiary/aromatic N) is 4. The van der Waals surface area contributed by atoms with E-state index in [1.54, 1.807) is 13.1 Å². The Morgan fingerprint density at radius 2 is 2.09 bits per heavy atom. The molecule has 2 heterocycles. The maximum atomic E-state index is 14.3. The van der Waals surface area contributed by atoms with Gasteiger partial charge in [-0.1, -0.05) is 29.1 Å². The molecule has 34 heavy (non-hydrogen) atoms. The molecule has 0 aliphatic heterocycles. The first-order valence-corrected chi connectivity index (χ1v) is 11.2. The average Bonchev–Trinajstić information content (AvgIpc) is 3.42. The number of aromatic nitrogens is 3. The molecular weight excluding hydrogens is 464 g/mol. The zero-order valence-corrected chi connectivity index (χ0v) is 19.8. The van der Waals surface area contributed by atoms with Crippen LogP contribution in [0.5, 0.6) is 0 Å². The summed E-state index contributed by atoms with van der Waals surface area (Å²) in [5.74, 6) is -1.46. The monoisotopic (exact) mass is 489 g/mol. The summed E-state index contributed by atoms with van der Waals surface area (Å²) >= 11 is 1.14. The maximum absolute atomic E-state index is 14.3. The summed E-state index contributed by atoms with van der Waals surface area (Å²) in [5, 5.41) is 12.2. The third-order valence-corrected chi connectivity index (χ3v) is 5.72. The fourth-order valence-electron chi connectivity index (χ4n) is 3.01. The van der Waals surface area contributed by atoms with E-state index < -0.39 is 17.7 Å². The van der Waals surface area contributed by atoms with Gasteiger partial charge in [-0.3, -0.25) is 5.32 Å². The van der Waals surface area contributed by atoms with Gasteiger partial charge in [-0.05, 0) is 38.7 Å². The molecule has 1 aromatic carbocycles. The van der Waals surface area contributed by atoms with Crippen molar-refractivity contribution in [1.82, 2.24) is 25.3 Å². The molecule has 0 saturated heterocycles. The van der Waals surface area contributed by atoms with Gasteiger partial charge in [-0.25, -0.2) is 18.6 Å². The summed E-state index contributed by atoms with van der Waals surface area (Å²) < 4.78 is 33.3. The lowest BCUT2D eigenvalue weighted by atomic mass is 10.1. The van der Waals surface area contributed by atoms with Crippen molar-refractivity contribution < 1.29 is 18.1 Å². The van der Waals surface area contributed by atoms with Crippen LogP contribution in [-0.2, 0) is 0 Å². The summed E-state index contributed by atoms with van der Waals surface area (Å²) in [6, 6.07) is 1.63. The number of hydrogen-bond donors (Lipinski definition) is 3. The van der Waals surface area contributed by atoms with Crippen molar-refractivity contribution in [3.8, 4) is 22.2 Å². The Morgan fingerprint density at radius 3 is 2.79 bits per heavy atom. The lowest BCUT2D eigenvalue weighted by molar-refractivity contribution is 0.251. The highest BCUT2D eigenvalue weighted by molar-refractivity contribution is 7.19. The lowest BCUT2D eigenvalue weighted by Gasteiger charge is -2.14. The highest BCUT2D eigenvalue weighted by atomic mass is 32.1. The molecule has 2 aromatic heterocycles. The van der Waals surface area contributed by atoms with Crippen molar-refractivity contribution in [3.05, 3.63) is 54.5 Å². The van der Waals surface area contributed by atoms with Crippen molar-refractivity contribution >= 4 is 28.2 Å². The first-order valence-electron chi connectivity index (χ1n) is 10.4. The van der Waals surface area contributed by atoms with Gasteiger partial charge in [-0.15, -0.1) is 0 Å². The number of halogens is 2. The number of aryl methyl sites for hydroxylation is 1. The number of rotatable bonds is 10. The summed E-state index contributed by atoms with van der Waals surface area (Å²) in [4.78, 5) is 23.2. The van der Waals surface area contributed by atoms with E-state index in [0.717, 1.165) is 30.4 Å². The number of urea groups is 1. The van der Waals surface area contributed by atoms with Gasteiger partial charge >= 0.3 is 6.03 Å². The van der Waals surface area contributed by atoms with Gasteiger partial charge in [0.2, 0.25) is 5.82 Å². The fraction of sp³-hybridized carbons (Fsp3) is 0.273. The van der Waals surface area contributed by atoms with Gasteiger partial charge in [0.25, 0.3) is 5.89 Å². The molecule has 0 aliphatic rings. The topological polar surface area (TPSA) is 108 Å². The molecule has 9 nitrogen and oxygen atoms in total. The van der Waals surface area contributed by atoms with E-state index in [4.69, 9.17) is 4.52 Å². The average molecular weight is 490 g/mol. The number of allylic oxidation sites excluding steroid dienone is 1. The van der Waals surface area contributed by atoms with Gasteiger partial charge in [-0.2, -0.15) is 4.98 Å². The van der Waals surface area contributed by atoms with Crippen LogP contribution in [0.1, 0.15) is 19.0 Å². The molecule has 180 valence electrons. The van der Waals surface area contributed by atoms with E-state index >= 15 is 0 Å². The number of hydrogen-bond acceptors (Lipinski definition) is 8. The summed E-state index contributed by atoms with van der Waals surface area (Å²) in [6.45, 7) is 8.56. The molecule has 0 aliphatic carbocycles. The molecule has 0 saturated carbocycles. The Bertz CT molecular complexity index is 1190. The Labute approximate surface area is 199 Å². The summed E-state index contributed by atoms with van der Waals surface area (Å²) in [7, 11) is 1.52. The number of carbonyl (C=O) groups excluding carboxylic acids is 1. The second kappa shape index (κ2) is 11.4. The molecule has 0 bridgehead atoms. The normalized spacial score (nSPS) is 11.0. The summed E-state index contributed by atoms with van der Waals surface area (Å²) in [5.41, 5.74) is 0.650. The standard InChI is InChI=1S/C22H25F2N7O2S/c1-5-9-31(6-2)10-7-8-26-21(32)29-22-27-13(3)18(34-22)20-28-19(30-33-20)14-11-17(25-4)16(24)12-15(14)23/h5-6,9,11-12,25H,2,7-8,10H2,1,3-4H3,(H2,26,27,29,32)/b9-5-. The highest BCUT2D eigenvalue weighted by Crippen LogP contribution is 2.34. The zero-order valence-electron chi connectivity index (χ0n) is 19.0. The van der Waals surface area contributed by atoms with Gasteiger partial charge in [0.15, 0.2) is 5.13 Å². The minimum Gasteiger partial charge on any atom is -0.386 e. The molecule has 12 heteroatoms. The summed E-state index contributed by atoms with van der Waals surface area (Å²) in [6.07, 6.45) is 6.26. The van der Waals surface area contributed by atoms with Crippen LogP contribution in [0.2, 0.25) is 0 Å². The molecule has 0 atom stereocenters. The van der Waals surface area contributed by atoms with E-state index in [2.05, 4.69) is 37.7 Å². The first-order chi connectivity index (χ1) is 16.4. The Kier molecular flexibility index (Phi) is 8.30. The number of anilines is 2. The lowest BCUT2D eigenvalue weighted by Crippen LogP contribution is -2.30. The minimum atomic E-state index is -0.814. The number of carbonyl (C=O) groups is 1. The predicted octanol–water partition coefficient (Wildman–Crippen LogP) is 4.98. The molecule has 3 rings (SSSR count). The van der Waals surface area contributed by atoms with Gasteiger partial charge in [0, 0.05) is 26.2 Å². The Hall–Kier alpha value is -3.80. The zero-order chi connectivity index (χ0) is 24.7. The van der Waals surface area contributed by atoms with Gasteiger partial charge in [0.05, 0.1) is 16.9 Å². The van der Waals surface area contributed by atoms with Crippen LogP contribution >= 0.6 is 11.3 Å². The van der Waals surface area contributed by atoms with Crippen molar-refractivity contribution in [2.24, 2.45) is 0 Å². The Morgan fingerprint density at radius 1 is 1.29 bits per heavy atom. The van der Waals surface area contributed by atoms with Crippen LogP contribution in [0.25, 0.3) is 22.2 Å². The third kappa shape index (κ3) is 5.95. The van der Waals surface area contributed by atoms with Crippen molar-refractivity contribution in [3.63, 3.8) is 0 Å². The smallest absolute Gasteiger partial charge is 0.321 e. The van der Waals surface area contributed by atoms with Crippen LogP contribution in [0.4, 0.5) is 24.4 Å². The van der Waals surface area contributed by atoms with E-state index in [0.29, 0.717) is 22.2 Å². The van der Waals surface area contributed by atoms with E-state index in [-0.39, 0.29) is 23.0 Å². The molecule has 3 aromatic rings. The molecule has 0 spiro atoms. The SMILES string of the molecule is C=CN(/C=C\C)CCCNC(=O)Nc1nc(C)c(-c2nc(-c3cc(NC)c(F)cc3F)no2)s1. The quantitative estimate of drug-likeness (QED) is 0.345. The predicted molar refractivity (Wildman–Crippen MR) is 128 cm³/mol. The van der Waals surface area contributed by atoms with Crippen LogP contribution in [-0.4, -0.2) is 46.2 Å². The van der Waals surface area contributed by atoms with Crippen molar-refractivity contribution in [1.29, 1.82) is 0 Å². The molecule has 3 N–H and O–H groups in total. The maximum Gasteiger partial charge on any atom is 0.321 e. The molecular formula is C22H25F2N7O2S. The number of amides is 2. The van der Waals surface area contributed by atoms with Crippen molar-refractivity contribution in [2.45, 2.75) is 20.3 Å². The van der Waals surface area contributed by atoms with Crippen LogP contribution in [0.3, 0.4) is 0 Å². The second-order valence-corrected chi connectivity index (χ2v) is 8.05. The fourth-order valence-corrected chi connectivity index (χ4v) is 3.89. The van der Waals surface area contributed by atoms with Crippen LogP contribution in [0, 0.1) is 18.6 Å². The van der Waals surface area contributed by atoms with Crippen LogP contribution in [0.15, 0.2) is 41.7 Å². The first kappa shape index (κ1) is 24.8. The molecule has 0 unspecified atom stereocenters. The highest BCUT2D eigenvalue weighted by Gasteiger charge is 2.21. The number of thiazole rings is 1. The van der Waals surface area contributed by atoms with Gasteiger partial charge < -0.3 is 20.1 Å². The van der Waals surface area contributed by atoms with E-state index in [1.807, 2.05) is 24.1 Å². The Balaban J connectivity index is 1.64. The van der Waals surface area contributed by atoms with Crippen molar-refractivity contribution in [2.75, 3.05) is 30.8 Å². The number of benzene rings is 1. The molecule has 0 fully saturated rings. The van der Waals surface area contributed by atoms with Crippen LogP contribution < -0.4 is 16.0 Å².